The average Bonchev–Trinajstić information content (AvgIpc) is 2.86. The van der Waals surface area contributed by atoms with Gasteiger partial charge in [-0.2, -0.15) is 11.8 Å². The number of nitrogens with one attached hydrogen (secondary N) is 1. The zero-order valence-corrected chi connectivity index (χ0v) is 22.2. The van der Waals surface area contributed by atoms with Crippen LogP contribution in [0.25, 0.3) is 11.1 Å². The Morgan fingerprint density at radius 3 is 2.25 bits per heavy atom. The number of benzene rings is 3. The Kier molecular flexibility index (Phi) is 10.1. The van der Waals surface area contributed by atoms with Crippen LogP contribution < -0.4 is 5.32 Å². The average molecular weight is 506 g/mol. The van der Waals surface area contributed by atoms with Crippen LogP contribution in [-0.2, 0) is 22.7 Å². The van der Waals surface area contributed by atoms with E-state index >= 15 is 0 Å². The Hall–Kier alpha value is -3.09. The number of aliphatic carboxylic acids is 1. The fourth-order valence-corrected chi connectivity index (χ4v) is 4.46. The number of aryl methyl sites for hydroxylation is 1. The maximum Gasteiger partial charge on any atom is 0.326 e. The first-order valence-corrected chi connectivity index (χ1v) is 13.6. The van der Waals surface area contributed by atoms with Gasteiger partial charge in [0.15, 0.2) is 0 Å². The highest BCUT2D eigenvalue weighted by Crippen LogP contribution is 2.29. The van der Waals surface area contributed by atoms with Gasteiger partial charge in [0.05, 0.1) is 13.2 Å². The van der Waals surface area contributed by atoms with Crippen LogP contribution in [0.3, 0.4) is 0 Å². The van der Waals surface area contributed by atoms with Crippen LogP contribution in [0, 0.1) is 6.92 Å². The second-order valence-corrected chi connectivity index (χ2v) is 10.2. The van der Waals surface area contributed by atoms with Gasteiger partial charge < -0.3 is 15.2 Å². The molecule has 36 heavy (non-hydrogen) atoms. The lowest BCUT2D eigenvalue weighted by atomic mass is 9.93. The number of rotatable bonds is 12. The van der Waals surface area contributed by atoms with Gasteiger partial charge in [-0.15, -0.1) is 0 Å². The van der Waals surface area contributed by atoms with E-state index < -0.39 is 12.0 Å². The summed E-state index contributed by atoms with van der Waals surface area (Å²) in [4.78, 5) is 24.9. The first kappa shape index (κ1) is 27.5. The van der Waals surface area contributed by atoms with Gasteiger partial charge in [0, 0.05) is 5.56 Å². The van der Waals surface area contributed by atoms with Gasteiger partial charge in [0.25, 0.3) is 5.91 Å². The minimum Gasteiger partial charge on any atom is -0.480 e. The van der Waals surface area contributed by atoms with E-state index in [0.29, 0.717) is 36.9 Å². The maximum absolute atomic E-state index is 13.2. The summed E-state index contributed by atoms with van der Waals surface area (Å²) in [6.07, 6.45) is 2.28. The van der Waals surface area contributed by atoms with Crippen molar-refractivity contribution in [3.63, 3.8) is 0 Å². The number of hydrogen-bond donors (Lipinski definition) is 2. The van der Waals surface area contributed by atoms with Gasteiger partial charge in [0.2, 0.25) is 0 Å². The molecule has 6 heteroatoms. The Morgan fingerprint density at radius 1 is 0.944 bits per heavy atom. The lowest BCUT2D eigenvalue weighted by molar-refractivity contribution is -0.139. The number of ether oxygens (including phenoxy) is 1. The summed E-state index contributed by atoms with van der Waals surface area (Å²) >= 11 is 1.55. The molecule has 0 bridgehead atoms. The molecular formula is C30H35NO4S. The molecule has 0 spiro atoms. The zero-order chi connectivity index (χ0) is 26.1. The van der Waals surface area contributed by atoms with Gasteiger partial charge in [-0.3, -0.25) is 4.79 Å². The predicted octanol–water partition coefficient (Wildman–Crippen LogP) is 6.44. The van der Waals surface area contributed by atoms with Crippen molar-refractivity contribution in [3.05, 3.63) is 94.5 Å². The Morgan fingerprint density at radius 2 is 1.61 bits per heavy atom. The molecule has 0 saturated carbocycles. The van der Waals surface area contributed by atoms with E-state index in [-0.39, 0.29) is 5.91 Å². The number of carbonyl (C=O) groups excluding carboxylic acids is 1. The van der Waals surface area contributed by atoms with Crippen LogP contribution in [-0.4, -0.2) is 35.0 Å². The lowest BCUT2D eigenvalue weighted by Gasteiger charge is -2.18. The molecule has 0 fully saturated rings. The minimum atomic E-state index is -1.03. The van der Waals surface area contributed by atoms with Crippen LogP contribution in [0.5, 0.6) is 0 Å². The SMILES string of the molecule is CSCC[C@H](NC(=O)c1ccc(COCc2ccc(C(C)C)cc2)cc1-c1ccccc1C)C(=O)O. The highest BCUT2D eigenvalue weighted by atomic mass is 32.2. The third-order valence-corrected chi connectivity index (χ3v) is 6.81. The first-order valence-electron chi connectivity index (χ1n) is 12.2. The zero-order valence-electron chi connectivity index (χ0n) is 21.4. The fourth-order valence-electron chi connectivity index (χ4n) is 3.99. The van der Waals surface area contributed by atoms with Crippen LogP contribution >= 0.6 is 11.8 Å². The van der Waals surface area contributed by atoms with Crippen molar-refractivity contribution in [3.8, 4) is 11.1 Å². The second-order valence-electron chi connectivity index (χ2n) is 9.23. The van der Waals surface area contributed by atoms with Crippen molar-refractivity contribution in [1.82, 2.24) is 5.32 Å². The van der Waals surface area contributed by atoms with Crippen LogP contribution in [0.2, 0.25) is 0 Å². The van der Waals surface area contributed by atoms with E-state index in [1.54, 1.807) is 17.8 Å². The first-order chi connectivity index (χ1) is 17.3. The number of hydrogen-bond acceptors (Lipinski definition) is 4. The summed E-state index contributed by atoms with van der Waals surface area (Å²) in [5, 5.41) is 12.3. The molecule has 3 rings (SSSR count). The van der Waals surface area contributed by atoms with Crippen molar-refractivity contribution in [2.45, 2.75) is 52.4 Å². The quantitative estimate of drug-likeness (QED) is 0.296. The molecule has 0 aliphatic rings. The van der Waals surface area contributed by atoms with Crippen LogP contribution in [0.1, 0.15) is 58.8 Å². The number of carboxylic acid groups (broad SMARTS) is 1. The molecule has 1 amide bonds. The van der Waals surface area contributed by atoms with E-state index in [9.17, 15) is 14.7 Å². The molecule has 3 aromatic carbocycles. The van der Waals surface area contributed by atoms with Crippen molar-refractivity contribution < 1.29 is 19.4 Å². The van der Waals surface area contributed by atoms with E-state index in [2.05, 4.69) is 43.4 Å². The van der Waals surface area contributed by atoms with Crippen molar-refractivity contribution in [2.75, 3.05) is 12.0 Å². The molecule has 0 unspecified atom stereocenters. The minimum absolute atomic E-state index is 0.367. The topological polar surface area (TPSA) is 75.6 Å². The molecule has 0 aliphatic heterocycles. The number of carbonyl (C=O) groups is 2. The van der Waals surface area contributed by atoms with Gasteiger partial charge in [-0.25, -0.2) is 4.79 Å². The van der Waals surface area contributed by atoms with E-state index in [4.69, 9.17) is 4.74 Å². The molecule has 0 radical (unpaired) electrons. The summed E-state index contributed by atoms with van der Waals surface area (Å²) in [6.45, 7) is 7.24. The largest absolute Gasteiger partial charge is 0.480 e. The Labute approximate surface area is 218 Å². The third-order valence-electron chi connectivity index (χ3n) is 6.16. The second kappa shape index (κ2) is 13.3. The smallest absolute Gasteiger partial charge is 0.326 e. The molecule has 0 heterocycles. The van der Waals surface area contributed by atoms with Crippen molar-refractivity contribution >= 4 is 23.6 Å². The molecule has 5 nitrogen and oxygen atoms in total. The van der Waals surface area contributed by atoms with E-state index in [0.717, 1.165) is 27.8 Å². The van der Waals surface area contributed by atoms with Gasteiger partial charge in [-0.05, 0) is 76.8 Å². The standard InChI is InChI=1S/C30H35NO4S/c1-20(2)24-12-9-22(10-13-24)18-35-19-23-11-14-26(27(17-23)25-8-6-5-7-21(25)3)29(32)31-28(30(33)34)15-16-36-4/h5-14,17,20,28H,15-16,18-19H2,1-4H3,(H,31,32)(H,33,34)/t28-/m0/s1. The number of carboxylic acids is 1. The van der Waals surface area contributed by atoms with Crippen molar-refractivity contribution in [1.29, 1.82) is 0 Å². The molecule has 0 aliphatic carbocycles. The van der Waals surface area contributed by atoms with E-state index in [1.807, 2.05) is 49.6 Å². The van der Waals surface area contributed by atoms with E-state index in [1.165, 1.54) is 5.56 Å². The predicted molar refractivity (Wildman–Crippen MR) is 148 cm³/mol. The van der Waals surface area contributed by atoms with Crippen molar-refractivity contribution in [2.24, 2.45) is 0 Å². The third kappa shape index (κ3) is 7.45. The summed E-state index contributed by atoms with van der Waals surface area (Å²) in [5.74, 6) is -0.272. The molecule has 1 atom stereocenters. The monoisotopic (exact) mass is 505 g/mol. The molecule has 3 aromatic rings. The highest BCUT2D eigenvalue weighted by Gasteiger charge is 2.22. The molecule has 0 aromatic heterocycles. The van der Waals surface area contributed by atoms with Gasteiger partial charge in [0.1, 0.15) is 6.04 Å². The lowest BCUT2D eigenvalue weighted by Crippen LogP contribution is -2.41. The summed E-state index contributed by atoms with van der Waals surface area (Å²) in [7, 11) is 0. The Bertz CT molecular complexity index is 1170. The summed E-state index contributed by atoms with van der Waals surface area (Å²) in [5.41, 5.74) is 6.54. The number of amides is 1. The van der Waals surface area contributed by atoms with Crippen LogP contribution in [0.4, 0.5) is 0 Å². The molecule has 2 N–H and O–H groups in total. The Balaban J connectivity index is 1.81. The fraction of sp³-hybridized carbons (Fsp3) is 0.333. The van der Waals surface area contributed by atoms with Crippen LogP contribution in [0.15, 0.2) is 66.7 Å². The molecule has 190 valence electrons. The van der Waals surface area contributed by atoms with Gasteiger partial charge >= 0.3 is 5.97 Å². The summed E-state index contributed by atoms with van der Waals surface area (Å²) < 4.78 is 5.99. The molecular weight excluding hydrogens is 470 g/mol. The van der Waals surface area contributed by atoms with Gasteiger partial charge in [-0.1, -0.05) is 68.4 Å². The maximum atomic E-state index is 13.2. The highest BCUT2D eigenvalue weighted by molar-refractivity contribution is 7.98. The molecule has 0 saturated heterocycles. The summed E-state index contributed by atoms with van der Waals surface area (Å²) in [6, 6.07) is 21.0. The normalized spacial score (nSPS) is 11.9. The number of thioether (sulfide) groups is 1.